The monoisotopic (exact) mass is 237 g/mol. The van der Waals surface area contributed by atoms with Gasteiger partial charge >= 0.3 is 0 Å². The number of hydrogen-bond donors (Lipinski definition) is 1. The second-order valence-electron chi connectivity index (χ2n) is 6.66. The highest BCUT2D eigenvalue weighted by Crippen LogP contribution is 2.33. The Labute approximate surface area is 108 Å². The maximum atomic E-state index is 3.82. The third-order valence-electron chi connectivity index (χ3n) is 3.94. The summed E-state index contributed by atoms with van der Waals surface area (Å²) in [6, 6.07) is 0. The molecule has 2 unspecified atom stereocenters. The normalized spacial score (nSPS) is 25.8. The van der Waals surface area contributed by atoms with E-state index in [-0.39, 0.29) is 5.54 Å². The van der Waals surface area contributed by atoms with E-state index in [0.717, 1.165) is 11.8 Å². The lowest BCUT2D eigenvalue weighted by Gasteiger charge is -2.34. The summed E-state index contributed by atoms with van der Waals surface area (Å²) in [6.07, 6.45) is 11.8. The van der Waals surface area contributed by atoms with Crippen LogP contribution in [-0.4, -0.2) is 12.1 Å². The molecular formula is C16H31N. The van der Waals surface area contributed by atoms with E-state index in [9.17, 15) is 0 Å². The third-order valence-corrected chi connectivity index (χ3v) is 3.94. The van der Waals surface area contributed by atoms with Crippen molar-refractivity contribution in [3.63, 3.8) is 0 Å². The standard InChI is InChI=1S/C16H31N/c1-5-6-7-10-14-11-8-9-12-15(14)13-17-16(2,3)4/h5,14-15,17H,1,6-13H2,2-4H3. The number of nitrogens with one attached hydrogen (secondary N) is 1. The summed E-state index contributed by atoms with van der Waals surface area (Å²) in [5.74, 6) is 1.87. The smallest absolute Gasteiger partial charge is 0.00966 e. The van der Waals surface area contributed by atoms with Gasteiger partial charge in [-0.25, -0.2) is 0 Å². The Hall–Kier alpha value is -0.300. The van der Waals surface area contributed by atoms with Crippen molar-refractivity contribution in [2.24, 2.45) is 11.8 Å². The fraction of sp³-hybridized carbons (Fsp3) is 0.875. The highest BCUT2D eigenvalue weighted by Gasteiger charge is 2.25. The van der Waals surface area contributed by atoms with Gasteiger partial charge in [0.25, 0.3) is 0 Å². The van der Waals surface area contributed by atoms with Gasteiger partial charge in [-0.2, -0.15) is 0 Å². The topological polar surface area (TPSA) is 12.0 Å². The highest BCUT2D eigenvalue weighted by molar-refractivity contribution is 4.81. The summed E-state index contributed by atoms with van der Waals surface area (Å²) in [4.78, 5) is 0. The largest absolute Gasteiger partial charge is 0.312 e. The molecule has 0 aromatic heterocycles. The molecule has 1 heteroatoms. The Morgan fingerprint density at radius 2 is 1.82 bits per heavy atom. The highest BCUT2D eigenvalue weighted by atomic mass is 14.9. The molecule has 100 valence electrons. The van der Waals surface area contributed by atoms with Gasteiger partial charge in [0, 0.05) is 5.54 Å². The second kappa shape index (κ2) is 7.20. The Morgan fingerprint density at radius 1 is 1.18 bits per heavy atom. The van der Waals surface area contributed by atoms with Crippen LogP contribution in [0, 0.1) is 11.8 Å². The first-order valence-electron chi connectivity index (χ1n) is 7.39. The van der Waals surface area contributed by atoms with Crippen LogP contribution in [0.1, 0.15) is 65.7 Å². The molecule has 1 nitrogen and oxygen atoms in total. The zero-order valence-electron chi connectivity index (χ0n) is 12.1. The molecule has 0 saturated heterocycles. The molecule has 0 amide bonds. The van der Waals surface area contributed by atoms with Crippen LogP contribution in [0.4, 0.5) is 0 Å². The Bertz CT molecular complexity index is 214. The first-order valence-corrected chi connectivity index (χ1v) is 7.39. The third kappa shape index (κ3) is 6.26. The molecule has 1 aliphatic rings. The summed E-state index contributed by atoms with van der Waals surface area (Å²) in [5.41, 5.74) is 0.267. The number of unbranched alkanes of at least 4 members (excludes halogenated alkanes) is 1. The Balaban J connectivity index is 2.34. The quantitative estimate of drug-likeness (QED) is 0.528. The molecule has 0 spiro atoms. The van der Waals surface area contributed by atoms with Crippen molar-refractivity contribution in [2.45, 2.75) is 71.3 Å². The van der Waals surface area contributed by atoms with Gasteiger partial charge in [-0.1, -0.05) is 25.3 Å². The van der Waals surface area contributed by atoms with E-state index in [4.69, 9.17) is 0 Å². The molecule has 0 radical (unpaired) electrons. The van der Waals surface area contributed by atoms with E-state index in [0.29, 0.717) is 0 Å². The van der Waals surface area contributed by atoms with Crippen LogP contribution in [-0.2, 0) is 0 Å². The van der Waals surface area contributed by atoms with Crippen molar-refractivity contribution in [1.82, 2.24) is 5.32 Å². The SMILES string of the molecule is C=CCCCC1CCCCC1CNC(C)(C)C. The number of hydrogen-bond acceptors (Lipinski definition) is 1. The van der Waals surface area contributed by atoms with Crippen molar-refractivity contribution in [2.75, 3.05) is 6.54 Å². The summed E-state index contributed by atoms with van der Waals surface area (Å²) >= 11 is 0. The van der Waals surface area contributed by atoms with Crippen LogP contribution in [0.5, 0.6) is 0 Å². The van der Waals surface area contributed by atoms with Crippen molar-refractivity contribution >= 4 is 0 Å². The first-order chi connectivity index (χ1) is 8.03. The Kier molecular flexibility index (Phi) is 6.26. The predicted molar refractivity (Wildman–Crippen MR) is 77.3 cm³/mol. The Morgan fingerprint density at radius 3 is 2.41 bits per heavy atom. The lowest BCUT2D eigenvalue weighted by molar-refractivity contribution is 0.201. The lowest BCUT2D eigenvalue weighted by atomic mass is 9.76. The molecular weight excluding hydrogens is 206 g/mol. The molecule has 1 rings (SSSR count). The van der Waals surface area contributed by atoms with Crippen LogP contribution in [0.25, 0.3) is 0 Å². The van der Waals surface area contributed by atoms with E-state index >= 15 is 0 Å². The van der Waals surface area contributed by atoms with E-state index in [1.165, 1.54) is 51.5 Å². The maximum absolute atomic E-state index is 3.82. The predicted octanol–water partition coefficient (Wildman–Crippen LogP) is 4.54. The summed E-state index contributed by atoms with van der Waals surface area (Å²) in [5, 5.41) is 3.69. The molecule has 0 aromatic carbocycles. The number of allylic oxidation sites excluding steroid dienone is 1. The van der Waals surface area contributed by atoms with E-state index in [2.05, 4.69) is 38.7 Å². The molecule has 1 fully saturated rings. The van der Waals surface area contributed by atoms with E-state index in [1.807, 2.05) is 0 Å². The van der Waals surface area contributed by atoms with Crippen molar-refractivity contribution in [3.05, 3.63) is 12.7 Å². The molecule has 1 saturated carbocycles. The van der Waals surface area contributed by atoms with E-state index < -0.39 is 0 Å². The minimum atomic E-state index is 0.267. The molecule has 1 N–H and O–H groups in total. The van der Waals surface area contributed by atoms with Crippen LogP contribution in [0.3, 0.4) is 0 Å². The molecule has 0 heterocycles. The maximum Gasteiger partial charge on any atom is 0.00966 e. The molecule has 17 heavy (non-hydrogen) atoms. The average Bonchev–Trinajstić information content (AvgIpc) is 2.27. The van der Waals surface area contributed by atoms with Crippen LogP contribution in [0.15, 0.2) is 12.7 Å². The van der Waals surface area contributed by atoms with Crippen LogP contribution in [0.2, 0.25) is 0 Å². The van der Waals surface area contributed by atoms with Gasteiger partial charge in [0.1, 0.15) is 0 Å². The minimum absolute atomic E-state index is 0.267. The van der Waals surface area contributed by atoms with Gasteiger partial charge in [0.05, 0.1) is 0 Å². The van der Waals surface area contributed by atoms with Gasteiger partial charge in [0.15, 0.2) is 0 Å². The van der Waals surface area contributed by atoms with Gasteiger partial charge in [-0.15, -0.1) is 6.58 Å². The summed E-state index contributed by atoms with van der Waals surface area (Å²) in [6.45, 7) is 11.8. The van der Waals surface area contributed by atoms with Gasteiger partial charge in [0.2, 0.25) is 0 Å². The van der Waals surface area contributed by atoms with E-state index in [1.54, 1.807) is 0 Å². The van der Waals surface area contributed by atoms with Crippen molar-refractivity contribution in [3.8, 4) is 0 Å². The van der Waals surface area contributed by atoms with Gasteiger partial charge in [-0.3, -0.25) is 0 Å². The van der Waals surface area contributed by atoms with Crippen LogP contribution < -0.4 is 5.32 Å². The fourth-order valence-electron chi connectivity index (χ4n) is 2.89. The second-order valence-corrected chi connectivity index (χ2v) is 6.66. The van der Waals surface area contributed by atoms with Crippen molar-refractivity contribution in [1.29, 1.82) is 0 Å². The van der Waals surface area contributed by atoms with Crippen molar-refractivity contribution < 1.29 is 0 Å². The average molecular weight is 237 g/mol. The summed E-state index contributed by atoms with van der Waals surface area (Å²) < 4.78 is 0. The molecule has 2 atom stereocenters. The zero-order chi connectivity index (χ0) is 12.7. The molecule has 0 aromatic rings. The minimum Gasteiger partial charge on any atom is -0.312 e. The zero-order valence-corrected chi connectivity index (χ0v) is 12.1. The fourth-order valence-corrected chi connectivity index (χ4v) is 2.89. The molecule has 0 bridgehead atoms. The van der Waals surface area contributed by atoms with Gasteiger partial charge < -0.3 is 5.32 Å². The summed E-state index contributed by atoms with van der Waals surface area (Å²) in [7, 11) is 0. The first kappa shape index (κ1) is 14.8. The molecule has 1 aliphatic carbocycles. The molecule has 0 aliphatic heterocycles. The van der Waals surface area contributed by atoms with Gasteiger partial charge in [-0.05, 0) is 64.8 Å². The van der Waals surface area contributed by atoms with Crippen LogP contribution >= 0.6 is 0 Å². The number of rotatable bonds is 6. The lowest BCUT2D eigenvalue weighted by Crippen LogP contribution is -2.41.